The molecular formula is C24H27N5O2. The van der Waals surface area contributed by atoms with Crippen molar-refractivity contribution in [3.8, 4) is 5.75 Å². The smallest absolute Gasteiger partial charge is 0.225 e. The Balaban J connectivity index is 1.27. The van der Waals surface area contributed by atoms with Crippen LogP contribution in [0.15, 0.2) is 36.5 Å². The van der Waals surface area contributed by atoms with E-state index in [-0.39, 0.29) is 0 Å². The summed E-state index contributed by atoms with van der Waals surface area (Å²) in [4.78, 5) is 19.5. The van der Waals surface area contributed by atoms with E-state index >= 15 is 0 Å². The summed E-state index contributed by atoms with van der Waals surface area (Å²) in [6.07, 6.45) is 5.42. The van der Waals surface area contributed by atoms with Crippen LogP contribution in [0.4, 0.5) is 5.95 Å². The zero-order valence-electron chi connectivity index (χ0n) is 17.8. The van der Waals surface area contributed by atoms with E-state index in [0.717, 1.165) is 74.0 Å². The first kappa shape index (κ1) is 19.0. The second kappa shape index (κ2) is 7.73. The lowest BCUT2D eigenvalue weighted by Crippen LogP contribution is -2.40. The first-order valence-electron chi connectivity index (χ1n) is 11.2. The minimum atomic E-state index is 0.377. The summed E-state index contributed by atoms with van der Waals surface area (Å²) in [6.45, 7) is 4.09. The lowest BCUT2D eigenvalue weighted by Gasteiger charge is -2.36. The molecule has 0 saturated carbocycles. The number of aromatic nitrogens is 3. The minimum absolute atomic E-state index is 0.377. The molecule has 1 aromatic carbocycles. The van der Waals surface area contributed by atoms with E-state index in [1.807, 2.05) is 12.1 Å². The fraction of sp³-hybridized carbons (Fsp3) is 0.458. The molecule has 2 bridgehead atoms. The van der Waals surface area contributed by atoms with Gasteiger partial charge in [-0.05, 0) is 25.0 Å². The van der Waals surface area contributed by atoms with Crippen molar-refractivity contribution < 1.29 is 9.47 Å². The molecule has 0 amide bonds. The van der Waals surface area contributed by atoms with Gasteiger partial charge < -0.3 is 14.4 Å². The monoisotopic (exact) mass is 417 g/mol. The van der Waals surface area contributed by atoms with E-state index in [4.69, 9.17) is 24.4 Å². The van der Waals surface area contributed by atoms with Crippen LogP contribution in [0.5, 0.6) is 5.75 Å². The molecule has 31 heavy (non-hydrogen) atoms. The van der Waals surface area contributed by atoms with Gasteiger partial charge in [-0.1, -0.05) is 18.2 Å². The highest BCUT2D eigenvalue weighted by Gasteiger charge is 2.41. The predicted octanol–water partition coefficient (Wildman–Crippen LogP) is 3.13. The number of anilines is 1. The number of pyridine rings is 1. The number of hydrogen-bond donors (Lipinski definition) is 0. The van der Waals surface area contributed by atoms with Gasteiger partial charge in [-0.15, -0.1) is 0 Å². The zero-order valence-corrected chi connectivity index (χ0v) is 17.8. The molecule has 160 valence electrons. The standard InChI is InChI=1S/C24H27N5O2/c1-30-22-4-2-3-16-5-6-17(26-23(16)22)15-29-18-7-8-21(29)19-14-25-24(27-20(19)13-18)28-9-11-31-12-10-28/h2-6,14,18,21H,7-13,15H2,1H3/t18-,21+/m0/s1. The summed E-state index contributed by atoms with van der Waals surface area (Å²) in [6, 6.07) is 11.3. The van der Waals surface area contributed by atoms with Crippen LogP contribution in [-0.2, 0) is 17.7 Å². The number of methoxy groups -OCH3 is 1. The molecule has 0 unspecified atom stereocenters. The van der Waals surface area contributed by atoms with Gasteiger partial charge in [0.15, 0.2) is 0 Å². The molecule has 0 spiro atoms. The van der Waals surface area contributed by atoms with Gasteiger partial charge in [0, 0.05) is 55.3 Å². The van der Waals surface area contributed by atoms with Crippen molar-refractivity contribution in [1.29, 1.82) is 0 Å². The molecule has 5 heterocycles. The predicted molar refractivity (Wildman–Crippen MR) is 118 cm³/mol. The van der Waals surface area contributed by atoms with E-state index in [0.29, 0.717) is 12.1 Å². The molecule has 7 nitrogen and oxygen atoms in total. The van der Waals surface area contributed by atoms with Crippen LogP contribution in [0.2, 0.25) is 0 Å². The molecule has 3 aromatic rings. The van der Waals surface area contributed by atoms with Gasteiger partial charge in [0.2, 0.25) is 5.95 Å². The Labute approximate surface area is 182 Å². The Bertz CT molecular complexity index is 1110. The molecule has 0 radical (unpaired) electrons. The summed E-state index contributed by atoms with van der Waals surface area (Å²) < 4.78 is 11.0. The van der Waals surface area contributed by atoms with Crippen LogP contribution in [-0.4, -0.2) is 59.3 Å². The Morgan fingerprint density at radius 3 is 2.87 bits per heavy atom. The molecule has 2 fully saturated rings. The van der Waals surface area contributed by atoms with Gasteiger partial charge in [-0.2, -0.15) is 0 Å². The zero-order chi connectivity index (χ0) is 20.8. The van der Waals surface area contributed by atoms with E-state index in [1.165, 1.54) is 17.7 Å². The van der Waals surface area contributed by atoms with Gasteiger partial charge in [0.05, 0.1) is 31.7 Å². The lowest BCUT2D eigenvalue weighted by atomic mass is 9.99. The van der Waals surface area contributed by atoms with Crippen molar-refractivity contribution in [2.75, 3.05) is 38.3 Å². The minimum Gasteiger partial charge on any atom is -0.494 e. The van der Waals surface area contributed by atoms with Gasteiger partial charge in [-0.3, -0.25) is 4.90 Å². The van der Waals surface area contributed by atoms with Gasteiger partial charge in [0.1, 0.15) is 11.3 Å². The van der Waals surface area contributed by atoms with Crippen molar-refractivity contribution in [2.24, 2.45) is 0 Å². The van der Waals surface area contributed by atoms with Crippen LogP contribution < -0.4 is 9.64 Å². The molecule has 2 aromatic heterocycles. The van der Waals surface area contributed by atoms with E-state index in [9.17, 15) is 0 Å². The van der Waals surface area contributed by atoms with E-state index in [2.05, 4.69) is 34.2 Å². The highest BCUT2D eigenvalue weighted by Crippen LogP contribution is 2.44. The third kappa shape index (κ3) is 3.32. The molecular weight excluding hydrogens is 390 g/mol. The number of rotatable bonds is 4. The fourth-order valence-corrected chi connectivity index (χ4v) is 5.33. The molecule has 3 aliphatic heterocycles. The highest BCUT2D eigenvalue weighted by atomic mass is 16.5. The highest BCUT2D eigenvalue weighted by molar-refractivity contribution is 5.84. The Kier molecular flexibility index (Phi) is 4.73. The van der Waals surface area contributed by atoms with Crippen molar-refractivity contribution >= 4 is 16.9 Å². The maximum Gasteiger partial charge on any atom is 0.225 e. The number of benzene rings is 1. The van der Waals surface area contributed by atoms with Crippen LogP contribution in [0.25, 0.3) is 10.9 Å². The molecule has 2 atom stereocenters. The van der Waals surface area contributed by atoms with Gasteiger partial charge >= 0.3 is 0 Å². The normalized spacial score (nSPS) is 23.2. The summed E-state index contributed by atoms with van der Waals surface area (Å²) in [5.74, 6) is 1.69. The number of hydrogen-bond acceptors (Lipinski definition) is 7. The fourth-order valence-electron chi connectivity index (χ4n) is 5.33. The van der Waals surface area contributed by atoms with Crippen LogP contribution in [0.1, 0.15) is 35.8 Å². The maximum absolute atomic E-state index is 5.53. The van der Waals surface area contributed by atoms with Crippen molar-refractivity contribution in [3.05, 3.63) is 53.5 Å². The lowest BCUT2D eigenvalue weighted by molar-refractivity contribution is 0.122. The molecule has 6 rings (SSSR count). The third-order valence-electron chi connectivity index (χ3n) is 6.92. The van der Waals surface area contributed by atoms with Crippen LogP contribution >= 0.6 is 0 Å². The van der Waals surface area contributed by atoms with E-state index < -0.39 is 0 Å². The average molecular weight is 418 g/mol. The number of nitrogens with zero attached hydrogens (tertiary/aromatic N) is 5. The topological polar surface area (TPSA) is 63.6 Å². The van der Waals surface area contributed by atoms with Crippen molar-refractivity contribution in [2.45, 2.75) is 37.9 Å². The van der Waals surface area contributed by atoms with Gasteiger partial charge in [0.25, 0.3) is 0 Å². The first-order valence-corrected chi connectivity index (χ1v) is 11.2. The van der Waals surface area contributed by atoms with Crippen LogP contribution in [0, 0.1) is 0 Å². The summed E-state index contributed by atoms with van der Waals surface area (Å²) in [7, 11) is 1.70. The van der Waals surface area contributed by atoms with Crippen molar-refractivity contribution in [3.63, 3.8) is 0 Å². The Hall–Kier alpha value is -2.77. The maximum atomic E-state index is 5.53. The molecule has 3 aliphatic rings. The Morgan fingerprint density at radius 2 is 2.00 bits per heavy atom. The SMILES string of the molecule is COc1cccc2ccc(CN3[C@H]4CC[C@@H]3c3cnc(N5CCOCC5)nc3C4)nc12. The molecule has 0 N–H and O–H groups in total. The quantitative estimate of drug-likeness (QED) is 0.646. The molecule has 2 saturated heterocycles. The number of ether oxygens (including phenoxy) is 2. The largest absolute Gasteiger partial charge is 0.494 e. The van der Waals surface area contributed by atoms with E-state index in [1.54, 1.807) is 7.11 Å². The number of para-hydroxylation sites is 1. The summed E-state index contributed by atoms with van der Waals surface area (Å²) >= 11 is 0. The van der Waals surface area contributed by atoms with Crippen molar-refractivity contribution in [1.82, 2.24) is 19.9 Å². The number of fused-ring (bicyclic) bond motifs is 5. The first-order chi connectivity index (χ1) is 15.3. The average Bonchev–Trinajstić information content (AvgIpc) is 3.10. The summed E-state index contributed by atoms with van der Waals surface area (Å²) in [5, 5.41) is 1.11. The third-order valence-corrected chi connectivity index (χ3v) is 6.92. The Morgan fingerprint density at radius 1 is 1.10 bits per heavy atom. The second-order valence-corrected chi connectivity index (χ2v) is 8.63. The summed E-state index contributed by atoms with van der Waals surface area (Å²) in [5.41, 5.74) is 4.55. The second-order valence-electron chi connectivity index (χ2n) is 8.63. The molecule has 7 heteroatoms. The van der Waals surface area contributed by atoms with Crippen LogP contribution in [0.3, 0.4) is 0 Å². The van der Waals surface area contributed by atoms with Gasteiger partial charge in [-0.25, -0.2) is 15.0 Å². The molecule has 0 aliphatic carbocycles. The number of morpholine rings is 1.